The van der Waals surface area contributed by atoms with E-state index in [1.165, 1.54) is 6.42 Å². The number of rotatable bonds is 5. The zero-order chi connectivity index (χ0) is 21.1. The minimum absolute atomic E-state index is 0. The van der Waals surface area contributed by atoms with Crippen molar-refractivity contribution in [2.75, 3.05) is 6.54 Å². The summed E-state index contributed by atoms with van der Waals surface area (Å²) in [6.07, 6.45) is 4.47. The van der Waals surface area contributed by atoms with E-state index in [0.29, 0.717) is 25.2 Å². The number of likely N-dealkylation sites (tertiary alicyclic amines) is 1. The molecule has 166 valence electrons. The number of amides is 1. The summed E-state index contributed by atoms with van der Waals surface area (Å²) in [5.41, 5.74) is 6.61. The molecular weight excluding hydrogens is 352 g/mol. The Hall–Kier alpha value is -2.21. The van der Waals surface area contributed by atoms with Crippen molar-refractivity contribution in [1.29, 1.82) is 0 Å². The van der Waals surface area contributed by atoms with Crippen LogP contribution in [-0.2, 0) is 9.59 Å². The van der Waals surface area contributed by atoms with Crippen LogP contribution in [0.2, 0.25) is 0 Å². The van der Waals surface area contributed by atoms with Gasteiger partial charge in [-0.05, 0) is 25.0 Å². The van der Waals surface area contributed by atoms with E-state index in [1.807, 2.05) is 58.0 Å². The Kier molecular flexibility index (Phi) is 23.0. The lowest BCUT2D eigenvalue weighted by molar-refractivity contribution is -0.134. The summed E-state index contributed by atoms with van der Waals surface area (Å²) in [5.74, 6) is 0.414. The highest BCUT2D eigenvalue weighted by Gasteiger charge is 2.27. The molecule has 1 heterocycles. The smallest absolute Gasteiger partial charge is 0.223 e. The van der Waals surface area contributed by atoms with Crippen molar-refractivity contribution in [2.24, 2.45) is 10.7 Å². The molecule has 28 heavy (non-hydrogen) atoms. The molecule has 1 aromatic rings. The first kappa shape index (κ1) is 30.5. The standard InChI is InChI=1S/C15H19N3O2.C3H8.2C2H6.H3N.2H2/c16-14(17-12-5-2-1-3-6-12)8-9-15(20)18-10-4-7-13(18)11-19;1-3-2;2*1-2;;;/h1-3,5-6,11,13H,4,7-10H2,(H2,16,17);3H2,1-2H3;2*1-2H3;1H3;2*1H/t13-;;;;;;/m0....../s1. The Morgan fingerprint density at radius 3 is 2.21 bits per heavy atom. The van der Waals surface area contributed by atoms with E-state index in [2.05, 4.69) is 18.8 Å². The number of benzene rings is 1. The van der Waals surface area contributed by atoms with Crippen LogP contribution >= 0.6 is 0 Å². The van der Waals surface area contributed by atoms with Crippen LogP contribution in [0, 0.1) is 0 Å². The van der Waals surface area contributed by atoms with Crippen LogP contribution < -0.4 is 11.9 Å². The molecule has 6 nitrogen and oxygen atoms in total. The van der Waals surface area contributed by atoms with Crippen LogP contribution in [0.15, 0.2) is 35.3 Å². The molecule has 1 atom stereocenters. The van der Waals surface area contributed by atoms with E-state index < -0.39 is 0 Å². The Bertz CT molecular complexity index is 529. The topological polar surface area (TPSA) is 111 Å². The second-order valence-corrected chi connectivity index (χ2v) is 5.58. The first-order valence-corrected chi connectivity index (χ1v) is 10.2. The van der Waals surface area contributed by atoms with E-state index in [9.17, 15) is 9.59 Å². The van der Waals surface area contributed by atoms with Gasteiger partial charge in [-0.15, -0.1) is 0 Å². The molecule has 1 aromatic carbocycles. The average molecular weight is 399 g/mol. The quantitative estimate of drug-likeness (QED) is 0.372. The molecule has 2 rings (SSSR count). The van der Waals surface area contributed by atoms with Gasteiger partial charge in [-0.2, -0.15) is 0 Å². The van der Waals surface area contributed by atoms with Crippen LogP contribution in [0.4, 0.5) is 5.69 Å². The highest BCUT2D eigenvalue weighted by Crippen LogP contribution is 2.17. The minimum atomic E-state index is -0.255. The maximum absolute atomic E-state index is 12.0. The molecule has 6 heteroatoms. The van der Waals surface area contributed by atoms with Gasteiger partial charge in [0, 0.05) is 22.2 Å². The van der Waals surface area contributed by atoms with Gasteiger partial charge in [0.1, 0.15) is 12.1 Å². The monoisotopic (exact) mass is 398 g/mol. The molecule has 1 saturated heterocycles. The Labute approximate surface area is 175 Å². The molecule has 1 aliphatic rings. The number of nitrogens with two attached hydrogens (primary N) is 1. The summed E-state index contributed by atoms with van der Waals surface area (Å²) in [6, 6.07) is 9.14. The van der Waals surface area contributed by atoms with Gasteiger partial charge in [-0.25, -0.2) is 4.99 Å². The normalized spacial score (nSPS) is 14.7. The highest BCUT2D eigenvalue weighted by atomic mass is 16.2. The van der Waals surface area contributed by atoms with Crippen molar-refractivity contribution in [3.8, 4) is 0 Å². The lowest BCUT2D eigenvalue weighted by Gasteiger charge is -2.20. The fourth-order valence-corrected chi connectivity index (χ4v) is 2.35. The highest BCUT2D eigenvalue weighted by molar-refractivity contribution is 5.88. The number of hydrogen-bond acceptors (Lipinski definition) is 4. The number of aldehydes is 1. The molecule has 5 N–H and O–H groups in total. The molecule has 0 aromatic heterocycles. The van der Waals surface area contributed by atoms with Crippen molar-refractivity contribution in [1.82, 2.24) is 11.1 Å². The van der Waals surface area contributed by atoms with Gasteiger partial charge in [0.15, 0.2) is 0 Å². The summed E-state index contributed by atoms with van der Waals surface area (Å²) in [5, 5.41) is 0. The molecule has 0 aliphatic carbocycles. The van der Waals surface area contributed by atoms with Crippen LogP contribution in [0.25, 0.3) is 0 Å². The third kappa shape index (κ3) is 13.0. The number of para-hydroxylation sites is 1. The summed E-state index contributed by atoms with van der Waals surface area (Å²) in [6.45, 7) is 12.9. The second kappa shape index (κ2) is 21.1. The van der Waals surface area contributed by atoms with Gasteiger partial charge in [-0.1, -0.05) is 66.2 Å². The molecule has 0 radical (unpaired) electrons. The number of aliphatic imine (C=N–C) groups is 1. The van der Waals surface area contributed by atoms with Crippen molar-refractivity contribution in [3.63, 3.8) is 0 Å². The Balaban J connectivity index is -0.000000187. The Morgan fingerprint density at radius 2 is 1.71 bits per heavy atom. The van der Waals surface area contributed by atoms with E-state index in [0.717, 1.165) is 24.8 Å². The molecule has 0 bridgehead atoms. The number of hydrogen-bond donors (Lipinski definition) is 2. The van der Waals surface area contributed by atoms with Crippen molar-refractivity contribution in [2.45, 2.75) is 79.7 Å². The predicted octanol–water partition coefficient (Wildman–Crippen LogP) is 5.77. The number of carbonyl (C=O) groups excluding carboxylic acids is 2. The average Bonchev–Trinajstić information content (AvgIpc) is 3.19. The third-order valence-electron chi connectivity index (χ3n) is 3.40. The first-order chi connectivity index (χ1) is 13.1. The van der Waals surface area contributed by atoms with Gasteiger partial charge in [0.05, 0.1) is 11.7 Å². The predicted molar refractivity (Wildman–Crippen MR) is 126 cm³/mol. The molecule has 1 amide bonds. The molecule has 0 unspecified atom stereocenters. The van der Waals surface area contributed by atoms with Gasteiger partial charge >= 0.3 is 0 Å². The molecule has 1 fully saturated rings. The van der Waals surface area contributed by atoms with Crippen molar-refractivity contribution >= 4 is 23.7 Å². The Morgan fingerprint density at radius 1 is 1.18 bits per heavy atom. The van der Waals surface area contributed by atoms with Gasteiger partial charge in [0.25, 0.3) is 0 Å². The third-order valence-corrected chi connectivity index (χ3v) is 3.40. The van der Waals surface area contributed by atoms with Crippen molar-refractivity contribution in [3.05, 3.63) is 30.3 Å². The maximum atomic E-state index is 12.0. The fourth-order valence-electron chi connectivity index (χ4n) is 2.35. The van der Waals surface area contributed by atoms with E-state index in [-0.39, 0.29) is 21.0 Å². The van der Waals surface area contributed by atoms with Crippen LogP contribution in [-0.4, -0.2) is 35.5 Å². The van der Waals surface area contributed by atoms with Crippen LogP contribution in [0.5, 0.6) is 0 Å². The summed E-state index contributed by atoms with van der Waals surface area (Å²) in [7, 11) is 0. The molecule has 1 aliphatic heterocycles. The molecular formula is C22H46N4O2. The fraction of sp³-hybridized carbons (Fsp3) is 0.591. The summed E-state index contributed by atoms with van der Waals surface area (Å²) in [4.78, 5) is 28.8. The summed E-state index contributed by atoms with van der Waals surface area (Å²) >= 11 is 0. The lowest BCUT2D eigenvalue weighted by atomic mass is 10.2. The SMILES string of the molecule is CC.CC.CCC.N.NC(CCC(=O)N1CCC[C@H]1C=O)=Nc1ccccc1.[HH].[HH]. The number of carbonyl (C=O) groups is 2. The van der Waals surface area contributed by atoms with Crippen molar-refractivity contribution < 1.29 is 12.4 Å². The number of nitrogens with zero attached hydrogens (tertiary/aromatic N) is 2. The zero-order valence-electron chi connectivity index (χ0n) is 18.8. The van der Waals surface area contributed by atoms with E-state index in [4.69, 9.17) is 5.73 Å². The number of amidine groups is 1. The lowest BCUT2D eigenvalue weighted by Crippen LogP contribution is -2.36. The van der Waals surface area contributed by atoms with E-state index >= 15 is 0 Å². The second-order valence-electron chi connectivity index (χ2n) is 5.58. The van der Waals surface area contributed by atoms with Gasteiger partial charge in [-0.3, -0.25) is 4.79 Å². The maximum Gasteiger partial charge on any atom is 0.223 e. The van der Waals surface area contributed by atoms with Crippen LogP contribution in [0.3, 0.4) is 0 Å². The largest absolute Gasteiger partial charge is 0.387 e. The zero-order valence-corrected chi connectivity index (χ0v) is 18.8. The molecule has 0 spiro atoms. The molecule has 0 saturated carbocycles. The first-order valence-electron chi connectivity index (χ1n) is 10.2. The summed E-state index contributed by atoms with van der Waals surface area (Å²) < 4.78 is 0. The minimum Gasteiger partial charge on any atom is -0.387 e. The van der Waals surface area contributed by atoms with Gasteiger partial charge in [0.2, 0.25) is 5.91 Å². The van der Waals surface area contributed by atoms with E-state index in [1.54, 1.807) is 4.90 Å². The van der Waals surface area contributed by atoms with Gasteiger partial charge < -0.3 is 21.6 Å². The van der Waals surface area contributed by atoms with Crippen LogP contribution in [0.1, 0.15) is 76.5 Å².